The Morgan fingerprint density at radius 2 is 2.00 bits per heavy atom. The summed E-state index contributed by atoms with van der Waals surface area (Å²) in [6, 6.07) is 8.90. The number of piperidine rings is 1. The van der Waals surface area contributed by atoms with Crippen molar-refractivity contribution < 1.29 is 8.94 Å². The number of fused-ring (bicyclic) bond motifs is 1. The van der Waals surface area contributed by atoms with Crippen molar-refractivity contribution in [3.05, 3.63) is 36.0 Å². The lowest BCUT2D eigenvalue weighted by molar-refractivity contribution is 0.323. The average molecular weight is 378 g/mol. The Morgan fingerprint density at radius 3 is 2.73 bits per heavy atom. The Balaban J connectivity index is 0.00000196. The minimum Gasteiger partial charge on any atom is -0.423 e. The number of rotatable bonds is 5. The Hall–Kier alpha value is -2.12. The minimum absolute atomic E-state index is 0. The predicted octanol–water partition coefficient (Wildman–Crippen LogP) is 3.17. The predicted molar refractivity (Wildman–Crippen MR) is 102 cm³/mol. The molecule has 1 aliphatic heterocycles. The molecule has 1 aliphatic rings. The Morgan fingerprint density at radius 1 is 1.23 bits per heavy atom. The number of aromatic nitrogens is 3. The van der Waals surface area contributed by atoms with Crippen LogP contribution in [-0.4, -0.2) is 41.3 Å². The van der Waals surface area contributed by atoms with Gasteiger partial charge in [-0.25, -0.2) is 0 Å². The number of nitrogens with one attached hydrogen (secondary N) is 1. The fraction of sp³-hybridized carbons (Fsp3) is 0.500. The third-order valence-electron chi connectivity index (χ3n) is 4.86. The molecule has 1 saturated heterocycles. The first-order valence-electron chi connectivity index (χ1n) is 8.83. The fourth-order valence-corrected chi connectivity index (χ4v) is 3.21. The van der Waals surface area contributed by atoms with Crippen molar-refractivity contribution in [3.8, 4) is 0 Å². The zero-order valence-corrected chi connectivity index (χ0v) is 15.8. The molecule has 140 valence electrons. The van der Waals surface area contributed by atoms with Crippen molar-refractivity contribution >= 4 is 29.5 Å². The van der Waals surface area contributed by atoms with Gasteiger partial charge in [-0.15, -0.1) is 12.4 Å². The Labute approximate surface area is 158 Å². The quantitative estimate of drug-likeness (QED) is 0.731. The normalized spacial score (nSPS) is 16.6. The van der Waals surface area contributed by atoms with Gasteiger partial charge in [0.1, 0.15) is 5.52 Å². The standard InChI is InChI=1S/C18H23N5O2.ClH/c1-12(19-2)11-16-21-17(25-22-16)13-7-9-23(10-8-13)18-20-14-5-3-4-6-15(14)24-18;/h3-6,12-13,19H,7-11H2,1-2H3;1H. The topological polar surface area (TPSA) is 80.2 Å². The molecule has 0 bridgehead atoms. The number of para-hydroxylation sites is 2. The van der Waals surface area contributed by atoms with E-state index in [1.54, 1.807) is 0 Å². The second-order valence-corrected chi connectivity index (χ2v) is 6.67. The van der Waals surface area contributed by atoms with E-state index in [2.05, 4.69) is 32.3 Å². The molecule has 1 fully saturated rings. The van der Waals surface area contributed by atoms with E-state index in [4.69, 9.17) is 8.94 Å². The maximum absolute atomic E-state index is 5.87. The number of halogens is 1. The maximum Gasteiger partial charge on any atom is 0.298 e. The monoisotopic (exact) mass is 377 g/mol. The Bertz CT molecular complexity index is 808. The van der Waals surface area contributed by atoms with E-state index in [9.17, 15) is 0 Å². The molecule has 0 aliphatic carbocycles. The van der Waals surface area contributed by atoms with Crippen LogP contribution in [-0.2, 0) is 6.42 Å². The highest BCUT2D eigenvalue weighted by Gasteiger charge is 2.27. The first kappa shape index (κ1) is 18.7. The largest absolute Gasteiger partial charge is 0.423 e. The van der Waals surface area contributed by atoms with Gasteiger partial charge in [0, 0.05) is 31.5 Å². The summed E-state index contributed by atoms with van der Waals surface area (Å²) in [6.07, 6.45) is 2.70. The van der Waals surface area contributed by atoms with Crippen LogP contribution in [0.15, 0.2) is 33.2 Å². The number of oxazole rings is 1. The van der Waals surface area contributed by atoms with Crippen molar-refractivity contribution in [2.24, 2.45) is 0 Å². The van der Waals surface area contributed by atoms with E-state index in [0.29, 0.717) is 18.0 Å². The zero-order valence-electron chi connectivity index (χ0n) is 15.0. The van der Waals surface area contributed by atoms with Gasteiger partial charge in [-0.3, -0.25) is 0 Å². The van der Waals surface area contributed by atoms with Crippen LogP contribution in [0.25, 0.3) is 11.1 Å². The number of anilines is 1. The van der Waals surface area contributed by atoms with Gasteiger partial charge in [0.05, 0.1) is 0 Å². The van der Waals surface area contributed by atoms with Crippen molar-refractivity contribution in [2.75, 3.05) is 25.0 Å². The third kappa shape index (κ3) is 3.83. The molecule has 8 heteroatoms. The SMILES string of the molecule is CNC(C)Cc1noc(C2CCN(c3nc4ccccc4o3)CC2)n1.Cl. The molecule has 3 aromatic rings. The molecule has 0 radical (unpaired) electrons. The summed E-state index contributed by atoms with van der Waals surface area (Å²) < 4.78 is 11.4. The molecule has 0 amide bonds. The van der Waals surface area contributed by atoms with E-state index >= 15 is 0 Å². The van der Waals surface area contributed by atoms with Gasteiger partial charge in [0.2, 0.25) is 5.89 Å². The van der Waals surface area contributed by atoms with Crippen LogP contribution in [0.4, 0.5) is 6.01 Å². The highest BCUT2D eigenvalue weighted by atomic mass is 35.5. The van der Waals surface area contributed by atoms with Gasteiger partial charge in [-0.05, 0) is 38.9 Å². The smallest absolute Gasteiger partial charge is 0.298 e. The van der Waals surface area contributed by atoms with Crippen LogP contribution in [0, 0.1) is 0 Å². The number of nitrogens with zero attached hydrogens (tertiary/aromatic N) is 4. The van der Waals surface area contributed by atoms with Crippen LogP contribution < -0.4 is 10.2 Å². The summed E-state index contributed by atoms with van der Waals surface area (Å²) in [6.45, 7) is 3.86. The second kappa shape index (κ2) is 8.05. The molecule has 4 rings (SSSR count). The molecule has 2 aromatic heterocycles. The summed E-state index contributed by atoms with van der Waals surface area (Å²) >= 11 is 0. The highest BCUT2D eigenvalue weighted by Crippen LogP contribution is 2.30. The van der Waals surface area contributed by atoms with Crippen molar-refractivity contribution in [1.29, 1.82) is 0 Å². The summed E-state index contributed by atoms with van der Waals surface area (Å²) in [5, 5.41) is 7.31. The second-order valence-electron chi connectivity index (χ2n) is 6.67. The zero-order chi connectivity index (χ0) is 17.2. The lowest BCUT2D eigenvalue weighted by Crippen LogP contribution is -2.33. The number of hydrogen-bond acceptors (Lipinski definition) is 7. The summed E-state index contributed by atoms with van der Waals surface area (Å²) in [7, 11) is 1.94. The maximum atomic E-state index is 5.87. The molecule has 1 aromatic carbocycles. The van der Waals surface area contributed by atoms with Crippen LogP contribution in [0.2, 0.25) is 0 Å². The molecule has 3 heterocycles. The van der Waals surface area contributed by atoms with Crippen LogP contribution in [0.3, 0.4) is 0 Å². The number of benzene rings is 1. The molecule has 1 unspecified atom stereocenters. The van der Waals surface area contributed by atoms with Crippen molar-refractivity contribution in [2.45, 2.75) is 38.1 Å². The highest BCUT2D eigenvalue weighted by molar-refractivity contribution is 5.85. The van der Waals surface area contributed by atoms with E-state index in [-0.39, 0.29) is 12.4 Å². The summed E-state index contributed by atoms with van der Waals surface area (Å²) in [5.41, 5.74) is 1.74. The van der Waals surface area contributed by atoms with Gasteiger partial charge in [-0.1, -0.05) is 17.3 Å². The summed E-state index contributed by atoms with van der Waals surface area (Å²) in [4.78, 5) is 11.4. The van der Waals surface area contributed by atoms with E-state index in [1.807, 2.05) is 31.3 Å². The van der Waals surface area contributed by atoms with Gasteiger partial charge in [0.25, 0.3) is 6.01 Å². The van der Waals surface area contributed by atoms with Gasteiger partial charge in [-0.2, -0.15) is 9.97 Å². The third-order valence-corrected chi connectivity index (χ3v) is 4.86. The lowest BCUT2D eigenvalue weighted by Gasteiger charge is -2.28. The molecule has 0 saturated carbocycles. The Kier molecular flexibility index (Phi) is 5.78. The summed E-state index contributed by atoms with van der Waals surface area (Å²) in [5.74, 6) is 1.85. The molecule has 1 N–H and O–H groups in total. The molecule has 1 atom stereocenters. The van der Waals surface area contributed by atoms with E-state index in [0.717, 1.165) is 55.2 Å². The van der Waals surface area contributed by atoms with Gasteiger partial charge >= 0.3 is 0 Å². The van der Waals surface area contributed by atoms with E-state index < -0.39 is 0 Å². The van der Waals surface area contributed by atoms with Crippen LogP contribution in [0.1, 0.15) is 37.4 Å². The first-order chi connectivity index (χ1) is 12.2. The number of hydrogen-bond donors (Lipinski definition) is 1. The molecular weight excluding hydrogens is 354 g/mol. The first-order valence-corrected chi connectivity index (χ1v) is 8.83. The van der Waals surface area contributed by atoms with Crippen LogP contribution in [0.5, 0.6) is 0 Å². The van der Waals surface area contributed by atoms with Gasteiger partial charge < -0.3 is 19.2 Å². The van der Waals surface area contributed by atoms with E-state index in [1.165, 1.54) is 0 Å². The molecular formula is C18H24ClN5O2. The van der Waals surface area contributed by atoms with Crippen molar-refractivity contribution in [3.63, 3.8) is 0 Å². The number of likely N-dealkylation sites (N-methyl/N-ethyl adjacent to an activating group) is 1. The average Bonchev–Trinajstić information content (AvgIpc) is 3.28. The van der Waals surface area contributed by atoms with Gasteiger partial charge in [0.15, 0.2) is 11.4 Å². The van der Waals surface area contributed by atoms with Crippen molar-refractivity contribution in [1.82, 2.24) is 20.4 Å². The molecule has 0 spiro atoms. The lowest BCUT2D eigenvalue weighted by atomic mass is 9.97. The molecule has 26 heavy (non-hydrogen) atoms. The minimum atomic E-state index is 0. The molecule has 7 nitrogen and oxygen atoms in total. The fourth-order valence-electron chi connectivity index (χ4n) is 3.21. The van der Waals surface area contributed by atoms with Crippen LogP contribution >= 0.6 is 12.4 Å².